The third kappa shape index (κ3) is 3.10. The molecule has 1 amide bonds. The molecule has 2 aliphatic rings. The van der Waals surface area contributed by atoms with Crippen LogP contribution in [0.5, 0.6) is 0 Å². The van der Waals surface area contributed by atoms with E-state index < -0.39 is 11.9 Å². The summed E-state index contributed by atoms with van der Waals surface area (Å²) in [6.07, 6.45) is 5.64. The summed E-state index contributed by atoms with van der Waals surface area (Å²) in [4.78, 5) is 22.9. The monoisotopic (exact) mass is 252 g/mol. The van der Waals surface area contributed by atoms with E-state index >= 15 is 0 Å². The van der Waals surface area contributed by atoms with Crippen molar-refractivity contribution in [2.75, 3.05) is 6.54 Å². The van der Waals surface area contributed by atoms with E-state index in [0.29, 0.717) is 12.5 Å². The van der Waals surface area contributed by atoms with E-state index in [4.69, 9.17) is 5.11 Å². The van der Waals surface area contributed by atoms with E-state index in [1.807, 2.05) is 0 Å². The molecule has 4 unspecified atom stereocenters. The number of carboxylic acid groups (broad SMARTS) is 1. The van der Waals surface area contributed by atoms with Crippen LogP contribution in [-0.4, -0.2) is 35.6 Å². The van der Waals surface area contributed by atoms with Crippen molar-refractivity contribution in [2.45, 2.75) is 38.3 Å². The average Bonchev–Trinajstić information content (AvgIpc) is 2.77. The lowest BCUT2D eigenvalue weighted by Crippen LogP contribution is -2.44. The molecule has 18 heavy (non-hydrogen) atoms. The predicted molar refractivity (Wildman–Crippen MR) is 67.0 cm³/mol. The van der Waals surface area contributed by atoms with Crippen LogP contribution in [-0.2, 0) is 9.59 Å². The molecule has 0 aromatic heterocycles. The first-order valence-electron chi connectivity index (χ1n) is 6.51. The largest absolute Gasteiger partial charge is 0.481 e. The molecule has 0 aromatic rings. The highest BCUT2D eigenvalue weighted by atomic mass is 16.4. The Morgan fingerprint density at radius 1 is 1.33 bits per heavy atom. The van der Waals surface area contributed by atoms with Crippen molar-refractivity contribution in [2.24, 2.45) is 11.8 Å². The van der Waals surface area contributed by atoms with Gasteiger partial charge in [0.05, 0.1) is 5.92 Å². The van der Waals surface area contributed by atoms with Crippen LogP contribution in [0.25, 0.3) is 0 Å². The van der Waals surface area contributed by atoms with Crippen LogP contribution in [0.3, 0.4) is 0 Å². The number of rotatable bonds is 3. The molecule has 5 heteroatoms. The van der Waals surface area contributed by atoms with Gasteiger partial charge in [0.25, 0.3) is 0 Å². The second-order valence-electron chi connectivity index (χ2n) is 5.26. The molecule has 1 aliphatic heterocycles. The minimum Gasteiger partial charge on any atom is -0.481 e. The SMILES string of the molecule is CC1CC(C(=O)NC2C=CC(C(=O)O)C2)CCN1. The Bertz CT molecular complexity index is 367. The number of aliphatic carboxylic acids is 1. The zero-order valence-corrected chi connectivity index (χ0v) is 10.6. The number of amides is 1. The number of piperidine rings is 1. The predicted octanol–water partition coefficient (Wildman–Crippen LogP) is 0.520. The van der Waals surface area contributed by atoms with Crippen LogP contribution in [0.2, 0.25) is 0 Å². The number of hydrogen-bond acceptors (Lipinski definition) is 3. The highest BCUT2D eigenvalue weighted by Crippen LogP contribution is 2.20. The summed E-state index contributed by atoms with van der Waals surface area (Å²) < 4.78 is 0. The zero-order valence-electron chi connectivity index (χ0n) is 10.6. The Hall–Kier alpha value is -1.36. The molecule has 1 saturated heterocycles. The van der Waals surface area contributed by atoms with Gasteiger partial charge in [-0.15, -0.1) is 0 Å². The van der Waals surface area contributed by atoms with E-state index in [9.17, 15) is 9.59 Å². The number of nitrogens with one attached hydrogen (secondary N) is 2. The molecule has 1 fully saturated rings. The zero-order chi connectivity index (χ0) is 13.1. The molecule has 3 N–H and O–H groups in total. The number of carboxylic acids is 1. The van der Waals surface area contributed by atoms with Crippen LogP contribution in [0.15, 0.2) is 12.2 Å². The van der Waals surface area contributed by atoms with Crippen LogP contribution in [0.1, 0.15) is 26.2 Å². The van der Waals surface area contributed by atoms with E-state index in [1.54, 1.807) is 12.2 Å². The fourth-order valence-corrected chi connectivity index (χ4v) is 2.66. The quantitative estimate of drug-likeness (QED) is 0.640. The summed E-state index contributed by atoms with van der Waals surface area (Å²) >= 11 is 0. The molecule has 0 spiro atoms. The minimum atomic E-state index is -0.821. The molecule has 1 aliphatic carbocycles. The molecule has 0 radical (unpaired) electrons. The Morgan fingerprint density at radius 3 is 2.72 bits per heavy atom. The number of carbonyl (C=O) groups is 2. The average molecular weight is 252 g/mol. The molecule has 2 rings (SSSR count). The summed E-state index contributed by atoms with van der Waals surface area (Å²) in [6.45, 7) is 2.95. The maximum Gasteiger partial charge on any atom is 0.310 e. The van der Waals surface area contributed by atoms with Gasteiger partial charge in [-0.2, -0.15) is 0 Å². The molecule has 0 bridgehead atoms. The lowest BCUT2D eigenvalue weighted by molar-refractivity contribution is -0.140. The first-order valence-corrected chi connectivity index (χ1v) is 6.51. The molecule has 0 aromatic carbocycles. The standard InChI is InChI=1S/C13H20N2O3/c1-8-6-9(4-5-14-8)12(16)15-11-3-2-10(7-11)13(17)18/h2-3,8-11,14H,4-7H2,1H3,(H,15,16)(H,17,18). The molecule has 100 valence electrons. The van der Waals surface area contributed by atoms with Crippen molar-refractivity contribution in [1.82, 2.24) is 10.6 Å². The first-order chi connectivity index (χ1) is 8.56. The van der Waals surface area contributed by atoms with Crippen LogP contribution in [0.4, 0.5) is 0 Å². The second kappa shape index (κ2) is 5.52. The smallest absolute Gasteiger partial charge is 0.310 e. The van der Waals surface area contributed by atoms with Gasteiger partial charge in [-0.25, -0.2) is 0 Å². The molecule has 5 nitrogen and oxygen atoms in total. The summed E-state index contributed by atoms with van der Waals surface area (Å²) in [5, 5.41) is 15.1. The highest BCUT2D eigenvalue weighted by molar-refractivity contribution is 5.80. The van der Waals surface area contributed by atoms with Gasteiger partial charge in [-0.3, -0.25) is 9.59 Å². The lowest BCUT2D eigenvalue weighted by Gasteiger charge is -2.28. The Morgan fingerprint density at radius 2 is 2.11 bits per heavy atom. The fourth-order valence-electron chi connectivity index (χ4n) is 2.66. The minimum absolute atomic E-state index is 0.0542. The number of carbonyl (C=O) groups excluding carboxylic acids is 1. The normalized spacial score (nSPS) is 35.4. The lowest BCUT2D eigenvalue weighted by atomic mass is 9.92. The molecule has 4 atom stereocenters. The van der Waals surface area contributed by atoms with E-state index in [2.05, 4.69) is 17.6 Å². The summed E-state index contributed by atoms with van der Waals surface area (Å²) in [5.74, 6) is -1.16. The van der Waals surface area contributed by atoms with Crippen molar-refractivity contribution in [3.05, 3.63) is 12.2 Å². The molecular formula is C13H20N2O3. The highest BCUT2D eigenvalue weighted by Gasteiger charge is 2.29. The van der Waals surface area contributed by atoms with Gasteiger partial charge < -0.3 is 15.7 Å². The van der Waals surface area contributed by atoms with Crippen LogP contribution in [0, 0.1) is 11.8 Å². The van der Waals surface area contributed by atoms with Crippen molar-refractivity contribution in [3.63, 3.8) is 0 Å². The molecule has 0 saturated carbocycles. The molecular weight excluding hydrogens is 232 g/mol. The Labute approximate surface area is 107 Å². The van der Waals surface area contributed by atoms with Gasteiger partial charge in [0, 0.05) is 18.0 Å². The van der Waals surface area contributed by atoms with Gasteiger partial charge in [-0.05, 0) is 32.7 Å². The van der Waals surface area contributed by atoms with Gasteiger partial charge in [0.1, 0.15) is 0 Å². The maximum atomic E-state index is 12.1. The fraction of sp³-hybridized carbons (Fsp3) is 0.692. The maximum absolute atomic E-state index is 12.1. The third-order valence-corrected chi connectivity index (χ3v) is 3.72. The van der Waals surface area contributed by atoms with Gasteiger partial charge >= 0.3 is 5.97 Å². The van der Waals surface area contributed by atoms with Gasteiger partial charge in [0.2, 0.25) is 5.91 Å². The van der Waals surface area contributed by atoms with Crippen molar-refractivity contribution in [3.8, 4) is 0 Å². The van der Waals surface area contributed by atoms with E-state index in [0.717, 1.165) is 19.4 Å². The Kier molecular flexibility index (Phi) is 4.01. The van der Waals surface area contributed by atoms with Crippen molar-refractivity contribution >= 4 is 11.9 Å². The van der Waals surface area contributed by atoms with Crippen LogP contribution >= 0.6 is 0 Å². The van der Waals surface area contributed by atoms with Crippen LogP contribution < -0.4 is 10.6 Å². The summed E-state index contributed by atoms with van der Waals surface area (Å²) in [6, 6.07) is 0.254. The third-order valence-electron chi connectivity index (χ3n) is 3.72. The van der Waals surface area contributed by atoms with E-state index in [-0.39, 0.29) is 17.9 Å². The number of hydrogen-bond donors (Lipinski definition) is 3. The van der Waals surface area contributed by atoms with Crippen molar-refractivity contribution in [1.29, 1.82) is 0 Å². The summed E-state index contributed by atoms with van der Waals surface area (Å²) in [5.41, 5.74) is 0. The second-order valence-corrected chi connectivity index (χ2v) is 5.26. The van der Waals surface area contributed by atoms with Crippen molar-refractivity contribution < 1.29 is 14.7 Å². The van der Waals surface area contributed by atoms with Gasteiger partial charge in [0.15, 0.2) is 0 Å². The van der Waals surface area contributed by atoms with E-state index in [1.165, 1.54) is 0 Å². The molecule has 1 heterocycles. The first kappa shape index (κ1) is 13.1. The topological polar surface area (TPSA) is 78.4 Å². The van der Waals surface area contributed by atoms with Gasteiger partial charge in [-0.1, -0.05) is 12.2 Å². The summed E-state index contributed by atoms with van der Waals surface area (Å²) in [7, 11) is 0. The Balaban J connectivity index is 1.82.